The van der Waals surface area contributed by atoms with E-state index < -0.39 is 34.8 Å². The molecule has 2 aromatic heterocycles. The SMILES string of the molecule is Cc1ccc(-n2nc(C(=O)N[C@H]3COc4cccnc4N(C)C3=O)c(=O)c(Cl)c2C)cc1F. The first-order valence-corrected chi connectivity index (χ1v) is 10.3. The maximum atomic E-state index is 14.1. The largest absolute Gasteiger partial charge is 0.487 e. The van der Waals surface area contributed by atoms with Gasteiger partial charge >= 0.3 is 0 Å². The molecule has 33 heavy (non-hydrogen) atoms. The summed E-state index contributed by atoms with van der Waals surface area (Å²) in [6.45, 7) is 2.95. The summed E-state index contributed by atoms with van der Waals surface area (Å²) in [4.78, 5) is 43.9. The standard InChI is InChI=1S/C22H19ClFN5O4/c1-11-6-7-13(9-14(11)24)29-12(2)17(23)19(30)18(27-29)21(31)26-15-10-33-16-5-4-8-25-20(16)28(3)22(15)32/h4-9,15H,10H2,1-3H3,(H,26,31)/t15-/m0/s1. The van der Waals surface area contributed by atoms with Crippen LogP contribution in [0.2, 0.25) is 5.02 Å². The highest BCUT2D eigenvalue weighted by atomic mass is 35.5. The number of pyridine rings is 1. The Hall–Kier alpha value is -3.79. The molecule has 0 radical (unpaired) electrons. The number of carbonyl (C=O) groups excluding carboxylic acids is 2. The fourth-order valence-electron chi connectivity index (χ4n) is 3.35. The molecule has 0 fully saturated rings. The van der Waals surface area contributed by atoms with Gasteiger partial charge in [-0.25, -0.2) is 14.1 Å². The Kier molecular flexibility index (Phi) is 5.86. The van der Waals surface area contributed by atoms with Crippen molar-refractivity contribution in [3.8, 4) is 11.4 Å². The zero-order valence-corrected chi connectivity index (χ0v) is 18.7. The van der Waals surface area contributed by atoms with Crippen molar-refractivity contribution < 1.29 is 18.7 Å². The number of amides is 2. The number of aromatic nitrogens is 3. The van der Waals surface area contributed by atoms with Crippen molar-refractivity contribution in [3.05, 3.63) is 74.5 Å². The van der Waals surface area contributed by atoms with Gasteiger partial charge in [0.25, 0.3) is 11.8 Å². The average Bonchev–Trinajstić information content (AvgIpc) is 2.92. The molecule has 0 saturated heterocycles. The minimum absolute atomic E-state index is 0.176. The van der Waals surface area contributed by atoms with Crippen molar-refractivity contribution >= 4 is 29.2 Å². The van der Waals surface area contributed by atoms with Crippen LogP contribution in [0.5, 0.6) is 5.75 Å². The van der Waals surface area contributed by atoms with Crippen LogP contribution in [-0.2, 0) is 4.79 Å². The number of aryl methyl sites for hydroxylation is 1. The fraction of sp³-hybridized carbons (Fsp3) is 0.227. The predicted molar refractivity (Wildman–Crippen MR) is 119 cm³/mol. The Morgan fingerprint density at radius 1 is 1.27 bits per heavy atom. The Morgan fingerprint density at radius 3 is 2.76 bits per heavy atom. The highest BCUT2D eigenvalue weighted by molar-refractivity contribution is 6.31. The van der Waals surface area contributed by atoms with Gasteiger partial charge in [0.05, 0.1) is 11.4 Å². The number of hydrogen-bond donors (Lipinski definition) is 1. The van der Waals surface area contributed by atoms with Gasteiger partial charge in [-0.05, 0) is 43.7 Å². The van der Waals surface area contributed by atoms with E-state index in [0.29, 0.717) is 17.1 Å². The third kappa shape index (κ3) is 4.05. The molecular weight excluding hydrogens is 453 g/mol. The average molecular weight is 472 g/mol. The van der Waals surface area contributed by atoms with Crippen molar-refractivity contribution in [3.63, 3.8) is 0 Å². The molecule has 0 spiro atoms. The molecule has 170 valence electrons. The van der Waals surface area contributed by atoms with Crippen LogP contribution in [0.1, 0.15) is 21.7 Å². The molecule has 0 aliphatic carbocycles. The fourth-order valence-corrected chi connectivity index (χ4v) is 3.52. The first-order valence-electron chi connectivity index (χ1n) is 9.91. The maximum Gasteiger partial charge on any atom is 0.276 e. The normalized spacial score (nSPS) is 15.5. The molecule has 0 unspecified atom stereocenters. The number of carbonyl (C=O) groups is 2. The summed E-state index contributed by atoms with van der Waals surface area (Å²) < 4.78 is 20.9. The van der Waals surface area contributed by atoms with E-state index in [9.17, 15) is 18.8 Å². The van der Waals surface area contributed by atoms with E-state index in [2.05, 4.69) is 15.4 Å². The van der Waals surface area contributed by atoms with Gasteiger partial charge in [-0.2, -0.15) is 5.10 Å². The zero-order chi connectivity index (χ0) is 23.9. The molecule has 11 heteroatoms. The number of nitrogens with one attached hydrogen (secondary N) is 1. The number of halogens is 2. The number of likely N-dealkylation sites (N-methyl/N-ethyl adjacent to an activating group) is 1. The molecule has 1 N–H and O–H groups in total. The number of anilines is 1. The lowest BCUT2D eigenvalue weighted by Gasteiger charge is -2.20. The molecule has 1 aromatic carbocycles. The van der Waals surface area contributed by atoms with Crippen LogP contribution in [0, 0.1) is 19.7 Å². The predicted octanol–water partition coefficient (Wildman–Crippen LogP) is 2.19. The Morgan fingerprint density at radius 2 is 2.03 bits per heavy atom. The summed E-state index contributed by atoms with van der Waals surface area (Å²) >= 11 is 6.18. The van der Waals surface area contributed by atoms with Crippen LogP contribution in [-0.4, -0.2) is 46.3 Å². The van der Waals surface area contributed by atoms with Gasteiger partial charge in [-0.15, -0.1) is 0 Å². The van der Waals surface area contributed by atoms with Gasteiger partial charge in [0.1, 0.15) is 23.5 Å². The highest BCUT2D eigenvalue weighted by Crippen LogP contribution is 2.27. The molecule has 0 bridgehead atoms. The van der Waals surface area contributed by atoms with Gasteiger partial charge in [0.2, 0.25) is 5.43 Å². The third-order valence-corrected chi connectivity index (χ3v) is 5.72. The van der Waals surface area contributed by atoms with Crippen LogP contribution in [0.3, 0.4) is 0 Å². The Labute approximate surface area is 192 Å². The number of hydrogen-bond acceptors (Lipinski definition) is 6. The van der Waals surface area contributed by atoms with Gasteiger partial charge in [-0.3, -0.25) is 19.3 Å². The number of ether oxygens (including phenoxy) is 1. The highest BCUT2D eigenvalue weighted by Gasteiger charge is 2.32. The summed E-state index contributed by atoms with van der Waals surface area (Å²) in [5.74, 6) is -1.20. The van der Waals surface area contributed by atoms with Crippen LogP contribution in [0.15, 0.2) is 41.3 Å². The van der Waals surface area contributed by atoms with Crippen molar-refractivity contribution in [2.45, 2.75) is 19.9 Å². The van der Waals surface area contributed by atoms with Crippen LogP contribution < -0.4 is 20.4 Å². The van der Waals surface area contributed by atoms with E-state index in [-0.39, 0.29) is 23.0 Å². The van der Waals surface area contributed by atoms with E-state index in [1.54, 1.807) is 31.2 Å². The van der Waals surface area contributed by atoms with E-state index >= 15 is 0 Å². The second-order valence-corrected chi connectivity index (χ2v) is 7.86. The third-order valence-electron chi connectivity index (χ3n) is 5.27. The molecule has 3 heterocycles. The molecule has 1 atom stereocenters. The van der Waals surface area contributed by atoms with Crippen LogP contribution in [0.25, 0.3) is 5.69 Å². The van der Waals surface area contributed by atoms with E-state index in [0.717, 1.165) is 0 Å². The topological polar surface area (TPSA) is 106 Å². The monoisotopic (exact) mass is 471 g/mol. The van der Waals surface area contributed by atoms with Crippen LogP contribution >= 0.6 is 11.6 Å². The minimum Gasteiger partial charge on any atom is -0.487 e. The number of rotatable bonds is 3. The van der Waals surface area contributed by atoms with Gasteiger partial charge in [-0.1, -0.05) is 17.7 Å². The molecule has 1 aliphatic heterocycles. The quantitative estimate of drug-likeness (QED) is 0.627. The molecule has 0 saturated carbocycles. The summed E-state index contributed by atoms with van der Waals surface area (Å²) in [5.41, 5.74) is -0.413. The van der Waals surface area contributed by atoms with Gasteiger partial charge in [0, 0.05) is 13.2 Å². The smallest absolute Gasteiger partial charge is 0.276 e. The van der Waals surface area contributed by atoms with Gasteiger partial charge in [0.15, 0.2) is 17.3 Å². The second kappa shape index (κ2) is 8.62. The maximum absolute atomic E-state index is 14.1. The molecule has 4 rings (SSSR count). The zero-order valence-electron chi connectivity index (χ0n) is 17.9. The number of fused-ring (bicyclic) bond motifs is 1. The van der Waals surface area contributed by atoms with E-state index in [1.807, 2.05) is 0 Å². The minimum atomic E-state index is -1.11. The Balaban J connectivity index is 1.67. The lowest BCUT2D eigenvalue weighted by molar-refractivity contribution is -0.120. The van der Waals surface area contributed by atoms with Crippen molar-refractivity contribution in [1.29, 1.82) is 0 Å². The first-order chi connectivity index (χ1) is 15.7. The number of nitrogens with zero attached hydrogens (tertiary/aromatic N) is 4. The molecule has 9 nitrogen and oxygen atoms in total. The number of benzene rings is 1. The first kappa shape index (κ1) is 22.4. The summed E-state index contributed by atoms with van der Waals surface area (Å²) in [6.07, 6.45) is 1.51. The molecule has 3 aromatic rings. The Bertz CT molecular complexity index is 1340. The molecular formula is C22H19ClFN5O4. The molecule has 2 amide bonds. The lowest BCUT2D eigenvalue weighted by atomic mass is 10.2. The van der Waals surface area contributed by atoms with Crippen LogP contribution in [0.4, 0.5) is 10.2 Å². The van der Waals surface area contributed by atoms with Crippen molar-refractivity contribution in [1.82, 2.24) is 20.1 Å². The lowest BCUT2D eigenvalue weighted by Crippen LogP contribution is -2.50. The van der Waals surface area contributed by atoms with E-state index in [1.165, 1.54) is 35.8 Å². The van der Waals surface area contributed by atoms with Crippen molar-refractivity contribution in [2.75, 3.05) is 18.6 Å². The van der Waals surface area contributed by atoms with E-state index in [4.69, 9.17) is 16.3 Å². The molecule has 1 aliphatic rings. The summed E-state index contributed by atoms with van der Waals surface area (Å²) in [7, 11) is 1.50. The van der Waals surface area contributed by atoms with Gasteiger partial charge < -0.3 is 10.1 Å². The van der Waals surface area contributed by atoms with Crippen molar-refractivity contribution in [2.24, 2.45) is 0 Å². The summed E-state index contributed by atoms with van der Waals surface area (Å²) in [6, 6.07) is 6.55. The summed E-state index contributed by atoms with van der Waals surface area (Å²) in [5, 5.41) is 6.35. The second-order valence-electron chi connectivity index (χ2n) is 7.48.